The Morgan fingerprint density at radius 3 is 2.74 bits per heavy atom. The maximum absolute atomic E-state index is 13.8. The van der Waals surface area contributed by atoms with Crippen LogP contribution in [0, 0.1) is 11.7 Å². The molecule has 2 aromatic heterocycles. The van der Waals surface area contributed by atoms with Crippen molar-refractivity contribution in [2.24, 2.45) is 5.92 Å². The standard InChI is InChI=1S/C24H22FN3O3S3/c25-19-10-11-20-21(14-19)33-24(26-20)28(15-17-6-2-1-3-7-17)23(29)18-8-4-12-27(16-18)34(30,31)22-9-5-13-32-22/h1-3,5-7,9-11,13-14,18H,4,8,12,15-16H2. The number of thiophene rings is 1. The summed E-state index contributed by atoms with van der Waals surface area (Å²) in [7, 11) is -3.63. The zero-order valence-corrected chi connectivity index (χ0v) is 20.6. The molecule has 10 heteroatoms. The number of hydrogen-bond donors (Lipinski definition) is 0. The van der Waals surface area contributed by atoms with Gasteiger partial charge < -0.3 is 0 Å². The van der Waals surface area contributed by atoms with Crippen LogP contribution in [0.5, 0.6) is 0 Å². The van der Waals surface area contributed by atoms with Crippen molar-refractivity contribution < 1.29 is 17.6 Å². The summed E-state index contributed by atoms with van der Waals surface area (Å²) in [5, 5.41) is 2.21. The Bertz CT molecular complexity index is 1410. The minimum absolute atomic E-state index is 0.129. The maximum Gasteiger partial charge on any atom is 0.252 e. The Morgan fingerprint density at radius 2 is 1.97 bits per heavy atom. The average molecular weight is 516 g/mol. The van der Waals surface area contributed by atoms with Crippen LogP contribution in [-0.4, -0.2) is 36.7 Å². The van der Waals surface area contributed by atoms with Crippen molar-refractivity contribution in [1.82, 2.24) is 9.29 Å². The molecule has 0 bridgehead atoms. The molecule has 0 aliphatic carbocycles. The van der Waals surface area contributed by atoms with Gasteiger partial charge in [-0.2, -0.15) is 4.31 Å². The molecule has 1 atom stereocenters. The van der Waals surface area contributed by atoms with Gasteiger partial charge in [0, 0.05) is 13.1 Å². The highest BCUT2D eigenvalue weighted by molar-refractivity contribution is 7.91. The molecule has 34 heavy (non-hydrogen) atoms. The van der Waals surface area contributed by atoms with Gasteiger partial charge in [0.1, 0.15) is 10.0 Å². The average Bonchev–Trinajstić information content (AvgIpc) is 3.53. The Labute approximate surface area is 205 Å². The first-order valence-electron chi connectivity index (χ1n) is 10.9. The highest BCUT2D eigenvalue weighted by Crippen LogP contribution is 2.33. The molecule has 176 valence electrons. The van der Waals surface area contributed by atoms with E-state index in [4.69, 9.17) is 0 Å². The van der Waals surface area contributed by atoms with Gasteiger partial charge in [-0.1, -0.05) is 47.7 Å². The molecule has 5 rings (SSSR count). The molecule has 3 heterocycles. The minimum atomic E-state index is -3.63. The van der Waals surface area contributed by atoms with E-state index in [9.17, 15) is 17.6 Å². The third-order valence-corrected chi connectivity index (χ3v) is 10.1. The SMILES string of the molecule is O=C(C1CCCN(S(=O)(=O)c2cccs2)C1)N(Cc1ccccc1)c1nc2ccc(F)cc2s1. The molecule has 2 aromatic carbocycles. The molecule has 1 aliphatic heterocycles. The fourth-order valence-corrected chi connectivity index (χ4v) is 7.79. The summed E-state index contributed by atoms with van der Waals surface area (Å²) in [4.78, 5) is 20.0. The molecule has 1 unspecified atom stereocenters. The molecule has 0 radical (unpaired) electrons. The number of carbonyl (C=O) groups excluding carboxylic acids is 1. The number of sulfonamides is 1. The van der Waals surface area contributed by atoms with Gasteiger partial charge in [-0.15, -0.1) is 11.3 Å². The second kappa shape index (κ2) is 9.53. The number of fused-ring (bicyclic) bond motifs is 1. The van der Waals surface area contributed by atoms with Crippen LogP contribution in [0.25, 0.3) is 10.2 Å². The molecule has 1 aliphatic rings. The summed E-state index contributed by atoms with van der Waals surface area (Å²) in [5.41, 5.74) is 1.55. The van der Waals surface area contributed by atoms with Gasteiger partial charge in [0.25, 0.3) is 10.0 Å². The summed E-state index contributed by atoms with van der Waals surface area (Å²) in [6, 6.07) is 17.2. The molecule has 0 spiro atoms. The van der Waals surface area contributed by atoms with Crippen LogP contribution < -0.4 is 4.90 Å². The Hall–Kier alpha value is -2.66. The topological polar surface area (TPSA) is 70.6 Å². The first-order chi connectivity index (χ1) is 16.4. The number of nitrogens with zero attached hydrogens (tertiary/aromatic N) is 3. The Kier molecular flexibility index (Phi) is 6.48. The third kappa shape index (κ3) is 4.63. The number of aromatic nitrogens is 1. The summed E-state index contributed by atoms with van der Waals surface area (Å²) in [6.07, 6.45) is 1.20. The zero-order valence-electron chi connectivity index (χ0n) is 18.1. The zero-order chi connectivity index (χ0) is 23.7. The lowest BCUT2D eigenvalue weighted by atomic mass is 9.98. The number of carbonyl (C=O) groups is 1. The van der Waals surface area contributed by atoms with Gasteiger partial charge in [-0.05, 0) is 48.1 Å². The molecule has 1 saturated heterocycles. The predicted molar refractivity (Wildman–Crippen MR) is 133 cm³/mol. The number of benzene rings is 2. The van der Waals surface area contributed by atoms with E-state index in [1.54, 1.807) is 28.5 Å². The van der Waals surface area contributed by atoms with E-state index in [0.717, 1.165) is 5.56 Å². The van der Waals surface area contributed by atoms with Gasteiger partial charge in [-0.3, -0.25) is 9.69 Å². The van der Waals surface area contributed by atoms with Crippen LogP contribution in [0.15, 0.2) is 70.3 Å². The number of anilines is 1. The van der Waals surface area contributed by atoms with E-state index in [-0.39, 0.29) is 22.5 Å². The quantitative estimate of drug-likeness (QED) is 0.357. The summed E-state index contributed by atoms with van der Waals surface area (Å²) in [5.74, 6) is -1.02. The van der Waals surface area contributed by atoms with Crippen LogP contribution >= 0.6 is 22.7 Å². The second-order valence-electron chi connectivity index (χ2n) is 8.15. The van der Waals surface area contributed by atoms with Crippen LogP contribution in [0.2, 0.25) is 0 Å². The number of thiazole rings is 1. The van der Waals surface area contributed by atoms with E-state index >= 15 is 0 Å². The van der Waals surface area contributed by atoms with Crippen LogP contribution in [0.3, 0.4) is 0 Å². The largest absolute Gasteiger partial charge is 0.283 e. The van der Waals surface area contributed by atoms with Crippen molar-refractivity contribution >= 4 is 54.0 Å². The lowest BCUT2D eigenvalue weighted by Gasteiger charge is -2.33. The van der Waals surface area contributed by atoms with Crippen LogP contribution in [0.1, 0.15) is 18.4 Å². The monoisotopic (exact) mass is 515 g/mol. The van der Waals surface area contributed by atoms with Crippen molar-refractivity contribution in [3.8, 4) is 0 Å². The van der Waals surface area contributed by atoms with Crippen LogP contribution in [-0.2, 0) is 21.4 Å². The number of rotatable bonds is 6. The molecule has 4 aromatic rings. The minimum Gasteiger partial charge on any atom is -0.283 e. The Balaban J connectivity index is 1.46. The normalized spacial score (nSPS) is 17.1. The summed E-state index contributed by atoms with van der Waals surface area (Å²) < 4.78 is 42.2. The molecule has 6 nitrogen and oxygen atoms in total. The molecule has 1 amide bonds. The van der Waals surface area contributed by atoms with Gasteiger partial charge in [0.2, 0.25) is 5.91 Å². The first kappa shape index (κ1) is 23.1. The highest BCUT2D eigenvalue weighted by atomic mass is 32.2. The number of piperidine rings is 1. The fourth-order valence-electron chi connectivity index (χ4n) is 4.13. The lowest BCUT2D eigenvalue weighted by Crippen LogP contribution is -2.46. The van der Waals surface area contributed by atoms with Crippen LogP contribution in [0.4, 0.5) is 9.52 Å². The summed E-state index contributed by atoms with van der Waals surface area (Å²) in [6.45, 7) is 0.823. The third-order valence-electron chi connectivity index (χ3n) is 5.84. The van der Waals surface area contributed by atoms with Crippen molar-refractivity contribution in [1.29, 1.82) is 0 Å². The lowest BCUT2D eigenvalue weighted by molar-refractivity contribution is -0.123. The summed E-state index contributed by atoms with van der Waals surface area (Å²) >= 11 is 2.44. The van der Waals surface area contributed by atoms with E-state index in [0.29, 0.717) is 41.3 Å². The number of amides is 1. The van der Waals surface area contributed by atoms with E-state index in [2.05, 4.69) is 4.98 Å². The molecule has 1 fully saturated rings. The maximum atomic E-state index is 13.8. The van der Waals surface area contributed by atoms with E-state index in [1.165, 1.54) is 39.1 Å². The molecular formula is C24H22FN3O3S3. The number of halogens is 1. The fraction of sp³-hybridized carbons (Fsp3) is 0.250. The second-order valence-corrected chi connectivity index (χ2v) is 12.3. The van der Waals surface area contributed by atoms with Crippen molar-refractivity contribution in [2.75, 3.05) is 18.0 Å². The van der Waals surface area contributed by atoms with Crippen molar-refractivity contribution in [2.45, 2.75) is 23.6 Å². The van der Waals surface area contributed by atoms with E-state index in [1.807, 2.05) is 30.3 Å². The van der Waals surface area contributed by atoms with Gasteiger partial charge >= 0.3 is 0 Å². The molecular weight excluding hydrogens is 493 g/mol. The van der Waals surface area contributed by atoms with Crippen molar-refractivity contribution in [3.05, 3.63) is 77.4 Å². The molecule has 0 saturated carbocycles. The van der Waals surface area contributed by atoms with Gasteiger partial charge in [0.15, 0.2) is 5.13 Å². The van der Waals surface area contributed by atoms with Gasteiger partial charge in [-0.25, -0.2) is 17.8 Å². The Morgan fingerprint density at radius 1 is 1.15 bits per heavy atom. The number of hydrogen-bond acceptors (Lipinski definition) is 6. The van der Waals surface area contributed by atoms with Gasteiger partial charge in [0.05, 0.1) is 22.7 Å². The smallest absolute Gasteiger partial charge is 0.252 e. The van der Waals surface area contributed by atoms with E-state index < -0.39 is 15.9 Å². The molecule has 0 N–H and O–H groups in total. The van der Waals surface area contributed by atoms with Crippen molar-refractivity contribution in [3.63, 3.8) is 0 Å². The first-order valence-corrected chi connectivity index (χ1v) is 14.0. The highest BCUT2D eigenvalue weighted by Gasteiger charge is 2.36. The predicted octanol–water partition coefficient (Wildman–Crippen LogP) is 5.13.